The number of benzene rings is 1. The van der Waals surface area contributed by atoms with Crippen molar-refractivity contribution in [3.63, 3.8) is 0 Å². The molecule has 2 N–H and O–H groups in total. The zero-order valence-corrected chi connectivity index (χ0v) is 12.6. The molecule has 21 heavy (non-hydrogen) atoms. The molecule has 0 bridgehead atoms. The summed E-state index contributed by atoms with van der Waals surface area (Å²) in [5, 5.41) is 3.15. The lowest BCUT2D eigenvalue weighted by Crippen LogP contribution is -2.03. The standard InChI is InChI=1S/C17H17N3S/c18-15-14-13(11-6-2-1-3-7-11)10-21-17(14)20-16(19-15)12-8-4-5-9-12/h1-3,6-7,10,12H,4-5,8-9H2,(H2,18,19,20). The second-order valence-corrected chi connectivity index (χ2v) is 6.50. The minimum absolute atomic E-state index is 0.499. The molecule has 1 aliphatic carbocycles. The molecule has 4 heteroatoms. The molecule has 0 spiro atoms. The second kappa shape index (κ2) is 5.11. The number of fused-ring (bicyclic) bond motifs is 1. The highest BCUT2D eigenvalue weighted by Gasteiger charge is 2.22. The van der Waals surface area contributed by atoms with E-state index in [1.165, 1.54) is 31.2 Å². The fourth-order valence-corrected chi connectivity index (χ4v) is 4.14. The third-order valence-corrected chi connectivity index (χ3v) is 5.16. The molecule has 0 aliphatic heterocycles. The van der Waals surface area contributed by atoms with Gasteiger partial charge in [-0.05, 0) is 18.4 Å². The van der Waals surface area contributed by atoms with E-state index in [1.54, 1.807) is 11.3 Å². The van der Waals surface area contributed by atoms with Gasteiger partial charge in [0.05, 0.1) is 5.39 Å². The van der Waals surface area contributed by atoms with Crippen LogP contribution in [0, 0.1) is 0 Å². The van der Waals surface area contributed by atoms with Crippen LogP contribution >= 0.6 is 11.3 Å². The van der Waals surface area contributed by atoms with Gasteiger partial charge in [0, 0.05) is 16.9 Å². The van der Waals surface area contributed by atoms with E-state index < -0.39 is 0 Å². The molecule has 106 valence electrons. The molecule has 2 heterocycles. The number of nitrogens with zero attached hydrogens (tertiary/aromatic N) is 2. The Morgan fingerprint density at radius 1 is 1.05 bits per heavy atom. The van der Waals surface area contributed by atoms with Gasteiger partial charge in [0.15, 0.2) is 0 Å². The minimum Gasteiger partial charge on any atom is -0.383 e. The Kier molecular flexibility index (Phi) is 3.11. The van der Waals surface area contributed by atoms with Gasteiger partial charge in [-0.1, -0.05) is 43.2 Å². The highest BCUT2D eigenvalue weighted by Crippen LogP contribution is 2.38. The van der Waals surface area contributed by atoms with Crippen molar-refractivity contribution in [2.75, 3.05) is 5.73 Å². The highest BCUT2D eigenvalue weighted by atomic mass is 32.1. The van der Waals surface area contributed by atoms with Gasteiger partial charge in [0.1, 0.15) is 16.5 Å². The molecule has 1 fully saturated rings. The lowest BCUT2D eigenvalue weighted by Gasteiger charge is -2.09. The maximum absolute atomic E-state index is 6.26. The average molecular weight is 295 g/mol. The summed E-state index contributed by atoms with van der Waals surface area (Å²) in [7, 11) is 0. The lowest BCUT2D eigenvalue weighted by atomic mass is 10.1. The molecular formula is C17H17N3S. The van der Waals surface area contributed by atoms with Crippen LogP contribution in [0.1, 0.15) is 37.4 Å². The zero-order chi connectivity index (χ0) is 14.2. The molecule has 2 aromatic heterocycles. The fraction of sp³-hybridized carbons (Fsp3) is 0.294. The number of aromatic nitrogens is 2. The molecule has 4 rings (SSSR count). The summed E-state index contributed by atoms with van der Waals surface area (Å²) in [5.41, 5.74) is 8.58. The van der Waals surface area contributed by atoms with E-state index in [4.69, 9.17) is 10.7 Å². The van der Waals surface area contributed by atoms with Crippen molar-refractivity contribution in [2.45, 2.75) is 31.6 Å². The largest absolute Gasteiger partial charge is 0.383 e. The molecule has 1 aliphatic rings. The van der Waals surface area contributed by atoms with Gasteiger partial charge >= 0.3 is 0 Å². The Bertz CT molecular complexity index is 773. The molecule has 0 atom stereocenters. The topological polar surface area (TPSA) is 51.8 Å². The third kappa shape index (κ3) is 2.20. The number of nitrogen functional groups attached to an aromatic ring is 1. The van der Waals surface area contributed by atoms with Gasteiger partial charge < -0.3 is 5.73 Å². The molecule has 1 saturated carbocycles. The molecule has 1 aromatic carbocycles. The van der Waals surface area contributed by atoms with E-state index in [-0.39, 0.29) is 0 Å². The van der Waals surface area contributed by atoms with Crippen molar-refractivity contribution in [3.8, 4) is 11.1 Å². The van der Waals surface area contributed by atoms with Crippen LogP contribution in [0.4, 0.5) is 5.82 Å². The van der Waals surface area contributed by atoms with Crippen molar-refractivity contribution < 1.29 is 0 Å². The van der Waals surface area contributed by atoms with Gasteiger partial charge in [-0.3, -0.25) is 0 Å². The van der Waals surface area contributed by atoms with Gasteiger partial charge in [0.25, 0.3) is 0 Å². The van der Waals surface area contributed by atoms with Crippen LogP contribution in [-0.4, -0.2) is 9.97 Å². The maximum Gasteiger partial charge on any atom is 0.136 e. The Morgan fingerprint density at radius 2 is 1.81 bits per heavy atom. The maximum atomic E-state index is 6.26. The Balaban J connectivity index is 1.85. The average Bonchev–Trinajstić information content (AvgIpc) is 3.17. The number of nitrogens with two attached hydrogens (primary N) is 1. The zero-order valence-electron chi connectivity index (χ0n) is 11.7. The van der Waals surface area contributed by atoms with Crippen molar-refractivity contribution >= 4 is 27.4 Å². The smallest absolute Gasteiger partial charge is 0.136 e. The van der Waals surface area contributed by atoms with Crippen LogP contribution in [-0.2, 0) is 0 Å². The summed E-state index contributed by atoms with van der Waals surface area (Å²) >= 11 is 1.66. The number of hydrogen-bond acceptors (Lipinski definition) is 4. The van der Waals surface area contributed by atoms with Crippen molar-refractivity contribution in [2.24, 2.45) is 0 Å². The number of anilines is 1. The number of rotatable bonds is 2. The molecular weight excluding hydrogens is 278 g/mol. The summed E-state index contributed by atoms with van der Waals surface area (Å²) < 4.78 is 0. The molecule has 0 saturated heterocycles. The molecule has 3 nitrogen and oxygen atoms in total. The Morgan fingerprint density at radius 3 is 2.57 bits per heavy atom. The van der Waals surface area contributed by atoms with Gasteiger partial charge in [0.2, 0.25) is 0 Å². The first kappa shape index (κ1) is 12.8. The quantitative estimate of drug-likeness (QED) is 0.751. The van der Waals surface area contributed by atoms with Crippen LogP contribution in [0.3, 0.4) is 0 Å². The third-order valence-electron chi connectivity index (χ3n) is 4.28. The normalized spacial score (nSPS) is 15.8. The van der Waals surface area contributed by atoms with Crippen molar-refractivity contribution in [1.82, 2.24) is 9.97 Å². The van der Waals surface area contributed by atoms with Crippen LogP contribution in [0.2, 0.25) is 0 Å². The first-order chi connectivity index (χ1) is 10.3. The van der Waals surface area contributed by atoms with E-state index in [1.807, 2.05) is 18.2 Å². The number of hydrogen-bond donors (Lipinski definition) is 1. The van der Waals surface area contributed by atoms with Gasteiger partial charge in [-0.2, -0.15) is 0 Å². The van der Waals surface area contributed by atoms with E-state index in [9.17, 15) is 0 Å². The predicted molar refractivity (Wildman–Crippen MR) is 88.5 cm³/mol. The highest BCUT2D eigenvalue weighted by molar-refractivity contribution is 7.17. The summed E-state index contributed by atoms with van der Waals surface area (Å²) in [4.78, 5) is 10.4. The monoisotopic (exact) mass is 295 g/mol. The minimum atomic E-state index is 0.499. The van der Waals surface area contributed by atoms with Crippen molar-refractivity contribution in [3.05, 3.63) is 41.5 Å². The van der Waals surface area contributed by atoms with E-state index in [0.29, 0.717) is 11.7 Å². The first-order valence-corrected chi connectivity index (χ1v) is 8.31. The SMILES string of the molecule is Nc1nc(C2CCCC2)nc2scc(-c3ccccc3)c12. The van der Waals surface area contributed by atoms with Gasteiger partial charge in [-0.15, -0.1) is 11.3 Å². The fourth-order valence-electron chi connectivity index (χ4n) is 3.18. The molecule has 0 unspecified atom stereocenters. The van der Waals surface area contributed by atoms with Gasteiger partial charge in [-0.25, -0.2) is 9.97 Å². The Labute approximate surface area is 127 Å². The summed E-state index contributed by atoms with van der Waals surface area (Å²) in [5.74, 6) is 2.07. The van der Waals surface area contributed by atoms with Crippen molar-refractivity contribution in [1.29, 1.82) is 0 Å². The van der Waals surface area contributed by atoms with Crippen LogP contribution in [0.15, 0.2) is 35.7 Å². The van der Waals surface area contributed by atoms with Crippen LogP contribution < -0.4 is 5.73 Å². The summed E-state index contributed by atoms with van der Waals surface area (Å²) in [6, 6.07) is 10.3. The van der Waals surface area contributed by atoms with E-state index in [0.717, 1.165) is 21.6 Å². The van der Waals surface area contributed by atoms with Crippen LogP contribution in [0.5, 0.6) is 0 Å². The van der Waals surface area contributed by atoms with E-state index in [2.05, 4.69) is 22.5 Å². The van der Waals surface area contributed by atoms with Crippen LogP contribution in [0.25, 0.3) is 21.3 Å². The predicted octanol–water partition coefficient (Wildman–Crippen LogP) is 4.60. The first-order valence-electron chi connectivity index (χ1n) is 7.43. The Hall–Kier alpha value is -1.94. The summed E-state index contributed by atoms with van der Waals surface area (Å²) in [6.45, 7) is 0. The van der Waals surface area contributed by atoms with E-state index >= 15 is 0 Å². The lowest BCUT2D eigenvalue weighted by molar-refractivity contribution is 0.674. The molecule has 0 amide bonds. The second-order valence-electron chi connectivity index (χ2n) is 5.64. The molecule has 3 aromatic rings. The molecule has 0 radical (unpaired) electrons. The summed E-state index contributed by atoms with van der Waals surface area (Å²) in [6.07, 6.45) is 4.96. The number of thiophene rings is 1.